The average Bonchev–Trinajstić information content (AvgIpc) is 3.49. The van der Waals surface area contributed by atoms with Gasteiger partial charge < -0.3 is 10.1 Å². The molecule has 0 radical (unpaired) electrons. The Balaban J connectivity index is 1.29. The van der Waals surface area contributed by atoms with Crippen LogP contribution in [0.3, 0.4) is 0 Å². The molecule has 5 rings (SSSR count). The molecule has 0 amide bonds. The van der Waals surface area contributed by atoms with E-state index in [9.17, 15) is 4.79 Å². The van der Waals surface area contributed by atoms with Crippen molar-refractivity contribution in [3.05, 3.63) is 72.3 Å². The third-order valence-corrected chi connectivity index (χ3v) is 5.91. The van der Waals surface area contributed by atoms with Gasteiger partial charge in [0.15, 0.2) is 11.4 Å². The normalized spacial score (nSPS) is 14.0. The minimum atomic E-state index is 0.0356. The molecule has 2 aromatic heterocycles. The number of fused-ring (bicyclic) bond motifs is 1. The molecule has 33 heavy (non-hydrogen) atoms. The maximum Gasteiger partial charge on any atom is 0.247 e. The van der Waals surface area contributed by atoms with Crippen LogP contribution in [-0.4, -0.2) is 51.5 Å². The van der Waals surface area contributed by atoms with Gasteiger partial charge in [-0.25, -0.2) is 4.52 Å². The number of anilines is 2. The Hall–Kier alpha value is -3.71. The van der Waals surface area contributed by atoms with Crippen LogP contribution in [0.1, 0.15) is 30.1 Å². The maximum atomic E-state index is 11.8. The molecule has 1 aliphatic rings. The summed E-state index contributed by atoms with van der Waals surface area (Å²) in [5.41, 5.74) is 4.08. The van der Waals surface area contributed by atoms with Crippen molar-refractivity contribution in [1.29, 1.82) is 0 Å². The van der Waals surface area contributed by atoms with E-state index in [-0.39, 0.29) is 5.78 Å². The number of nitrogens with one attached hydrogen (secondary N) is 1. The molecule has 0 bridgehead atoms. The summed E-state index contributed by atoms with van der Waals surface area (Å²) < 4.78 is 7.67. The minimum absolute atomic E-state index is 0.0356. The van der Waals surface area contributed by atoms with Crippen LogP contribution in [0, 0.1) is 0 Å². The summed E-state index contributed by atoms with van der Waals surface area (Å²) in [4.78, 5) is 18.8. The molecule has 0 saturated carbocycles. The summed E-state index contributed by atoms with van der Waals surface area (Å²) in [7, 11) is 0. The van der Waals surface area contributed by atoms with Crippen molar-refractivity contribution in [2.45, 2.75) is 19.8 Å². The standard InChI is InChI=1S/C26H27N5O2/c1-19(32)20-6-4-7-21(18-20)24-8-5-9-25-28-26(29-31(24)25)27-22-10-12-23(13-11-22)33-17-16-30-14-2-3-15-30/h4-13,18H,2-3,14-17H2,1H3,(H,27,29). The van der Waals surface area contributed by atoms with Crippen molar-refractivity contribution in [3.63, 3.8) is 0 Å². The number of ether oxygens (including phenoxy) is 1. The number of hydrogen-bond acceptors (Lipinski definition) is 6. The smallest absolute Gasteiger partial charge is 0.247 e. The summed E-state index contributed by atoms with van der Waals surface area (Å²) in [5.74, 6) is 1.40. The highest BCUT2D eigenvalue weighted by molar-refractivity contribution is 5.95. The second-order valence-electron chi connectivity index (χ2n) is 8.30. The van der Waals surface area contributed by atoms with Gasteiger partial charge in [0, 0.05) is 23.4 Å². The molecule has 1 aliphatic heterocycles. The second kappa shape index (κ2) is 9.42. The molecular formula is C26H27N5O2. The molecule has 3 heterocycles. The van der Waals surface area contributed by atoms with E-state index in [0.29, 0.717) is 18.1 Å². The Morgan fingerprint density at radius 2 is 1.82 bits per heavy atom. The fraction of sp³-hybridized carbons (Fsp3) is 0.269. The van der Waals surface area contributed by atoms with E-state index >= 15 is 0 Å². The van der Waals surface area contributed by atoms with E-state index < -0.39 is 0 Å². The van der Waals surface area contributed by atoms with Gasteiger partial charge in [-0.05, 0) is 75.3 Å². The molecular weight excluding hydrogens is 414 g/mol. The van der Waals surface area contributed by atoms with Crippen LogP contribution in [0.15, 0.2) is 66.7 Å². The number of carbonyl (C=O) groups is 1. The molecule has 0 aliphatic carbocycles. The lowest BCUT2D eigenvalue weighted by molar-refractivity contribution is 0.101. The molecule has 1 fully saturated rings. The van der Waals surface area contributed by atoms with Crippen LogP contribution in [0.25, 0.3) is 16.9 Å². The van der Waals surface area contributed by atoms with Gasteiger partial charge in [-0.3, -0.25) is 9.69 Å². The molecule has 2 aromatic carbocycles. The fourth-order valence-electron chi connectivity index (χ4n) is 4.14. The lowest BCUT2D eigenvalue weighted by atomic mass is 10.1. The van der Waals surface area contributed by atoms with Crippen LogP contribution in [0.2, 0.25) is 0 Å². The van der Waals surface area contributed by atoms with Gasteiger partial charge in [-0.1, -0.05) is 24.3 Å². The van der Waals surface area contributed by atoms with Gasteiger partial charge in [0.25, 0.3) is 0 Å². The maximum absolute atomic E-state index is 11.8. The molecule has 0 unspecified atom stereocenters. The Labute approximate surface area is 193 Å². The van der Waals surface area contributed by atoms with E-state index in [1.165, 1.54) is 25.9 Å². The van der Waals surface area contributed by atoms with E-state index in [1.807, 2.05) is 66.7 Å². The summed E-state index contributed by atoms with van der Waals surface area (Å²) in [6, 6.07) is 21.2. The van der Waals surface area contributed by atoms with Gasteiger partial charge in [-0.2, -0.15) is 4.98 Å². The van der Waals surface area contributed by atoms with Gasteiger partial charge in [0.2, 0.25) is 5.95 Å². The Kier molecular flexibility index (Phi) is 6.04. The largest absolute Gasteiger partial charge is 0.492 e. The van der Waals surface area contributed by atoms with Crippen LogP contribution in [0.5, 0.6) is 5.75 Å². The van der Waals surface area contributed by atoms with Gasteiger partial charge >= 0.3 is 0 Å². The topological polar surface area (TPSA) is 71.8 Å². The fourth-order valence-corrected chi connectivity index (χ4v) is 4.14. The average molecular weight is 442 g/mol. The molecule has 0 spiro atoms. The minimum Gasteiger partial charge on any atom is -0.492 e. The summed E-state index contributed by atoms with van der Waals surface area (Å²) >= 11 is 0. The van der Waals surface area contributed by atoms with Crippen LogP contribution in [-0.2, 0) is 0 Å². The van der Waals surface area contributed by atoms with E-state index in [2.05, 4.69) is 20.3 Å². The number of Topliss-reactive ketones (excluding diaryl/α,β-unsaturated/α-hetero) is 1. The highest BCUT2D eigenvalue weighted by Crippen LogP contribution is 2.24. The first-order chi connectivity index (χ1) is 16.2. The van der Waals surface area contributed by atoms with Crippen molar-refractivity contribution in [1.82, 2.24) is 19.5 Å². The predicted octanol–water partition coefficient (Wildman–Crippen LogP) is 4.82. The number of rotatable bonds is 8. The number of benzene rings is 2. The van der Waals surface area contributed by atoms with E-state index in [0.717, 1.165) is 34.9 Å². The summed E-state index contributed by atoms with van der Waals surface area (Å²) in [6.07, 6.45) is 2.59. The molecule has 7 nitrogen and oxygen atoms in total. The van der Waals surface area contributed by atoms with E-state index in [4.69, 9.17) is 4.74 Å². The Morgan fingerprint density at radius 3 is 2.61 bits per heavy atom. The quantitative estimate of drug-likeness (QED) is 0.396. The monoisotopic (exact) mass is 441 g/mol. The third-order valence-electron chi connectivity index (χ3n) is 5.91. The van der Waals surface area contributed by atoms with Crippen LogP contribution in [0.4, 0.5) is 11.6 Å². The highest BCUT2D eigenvalue weighted by Gasteiger charge is 2.12. The zero-order valence-electron chi connectivity index (χ0n) is 18.7. The summed E-state index contributed by atoms with van der Waals surface area (Å²) in [5, 5.41) is 7.92. The number of ketones is 1. The Morgan fingerprint density at radius 1 is 1.03 bits per heavy atom. The van der Waals surface area contributed by atoms with Crippen molar-refractivity contribution < 1.29 is 9.53 Å². The lowest BCUT2D eigenvalue weighted by Crippen LogP contribution is -2.25. The van der Waals surface area contributed by atoms with Crippen LogP contribution < -0.4 is 10.1 Å². The second-order valence-corrected chi connectivity index (χ2v) is 8.30. The van der Waals surface area contributed by atoms with Gasteiger partial charge in [0.1, 0.15) is 12.4 Å². The molecule has 1 N–H and O–H groups in total. The first kappa shape index (κ1) is 21.2. The number of carbonyl (C=O) groups excluding carboxylic acids is 1. The number of aromatic nitrogens is 3. The summed E-state index contributed by atoms with van der Waals surface area (Å²) in [6.45, 7) is 5.61. The SMILES string of the molecule is CC(=O)c1cccc(-c2cccc3nc(Nc4ccc(OCCN5CCCC5)cc4)nn23)c1. The number of hydrogen-bond donors (Lipinski definition) is 1. The van der Waals surface area contributed by atoms with Gasteiger partial charge in [-0.15, -0.1) is 5.10 Å². The zero-order chi connectivity index (χ0) is 22.6. The van der Waals surface area contributed by atoms with Crippen LogP contribution >= 0.6 is 0 Å². The number of pyridine rings is 1. The highest BCUT2D eigenvalue weighted by atomic mass is 16.5. The molecule has 7 heteroatoms. The first-order valence-electron chi connectivity index (χ1n) is 11.4. The Bertz CT molecular complexity index is 1260. The molecule has 4 aromatic rings. The molecule has 1 saturated heterocycles. The predicted molar refractivity (Wildman–Crippen MR) is 129 cm³/mol. The number of likely N-dealkylation sites (tertiary alicyclic amines) is 1. The van der Waals surface area contributed by atoms with Crippen molar-refractivity contribution >= 4 is 23.1 Å². The molecule has 0 atom stereocenters. The van der Waals surface area contributed by atoms with Crippen molar-refractivity contribution in [2.24, 2.45) is 0 Å². The van der Waals surface area contributed by atoms with Crippen molar-refractivity contribution in [3.8, 4) is 17.0 Å². The molecule has 168 valence electrons. The van der Waals surface area contributed by atoms with Gasteiger partial charge in [0.05, 0.1) is 5.69 Å². The first-order valence-corrected chi connectivity index (χ1v) is 11.4. The zero-order valence-corrected chi connectivity index (χ0v) is 18.7. The number of nitrogens with zero attached hydrogens (tertiary/aromatic N) is 4. The lowest BCUT2D eigenvalue weighted by Gasteiger charge is -2.15. The van der Waals surface area contributed by atoms with E-state index in [1.54, 1.807) is 11.4 Å². The van der Waals surface area contributed by atoms with Crippen molar-refractivity contribution in [2.75, 3.05) is 31.6 Å². The third kappa shape index (κ3) is 4.88.